The van der Waals surface area contributed by atoms with Crippen molar-refractivity contribution >= 4 is 30.0 Å². The molecule has 3 rings (SSSR count). The van der Waals surface area contributed by atoms with Gasteiger partial charge in [-0.15, -0.1) is 10.2 Å². The number of allylic oxidation sites excluding steroid dienone is 1. The van der Waals surface area contributed by atoms with Crippen LogP contribution < -0.4 is 5.43 Å². The van der Waals surface area contributed by atoms with Crippen molar-refractivity contribution in [3.05, 3.63) is 60.1 Å². The molecule has 1 amide bonds. The van der Waals surface area contributed by atoms with E-state index in [-0.39, 0.29) is 11.7 Å². The molecule has 28 heavy (non-hydrogen) atoms. The third-order valence-corrected chi connectivity index (χ3v) is 4.80. The van der Waals surface area contributed by atoms with Gasteiger partial charge < -0.3 is 8.98 Å². The summed E-state index contributed by atoms with van der Waals surface area (Å²) in [6, 6.07) is 11.8. The van der Waals surface area contributed by atoms with E-state index in [1.165, 1.54) is 23.5 Å². The lowest BCUT2D eigenvalue weighted by molar-refractivity contribution is -0.118. The normalized spacial score (nSPS) is 11.5. The highest BCUT2D eigenvalue weighted by molar-refractivity contribution is 7.99. The predicted molar refractivity (Wildman–Crippen MR) is 111 cm³/mol. The number of aryl methyl sites for hydroxylation is 1. The van der Waals surface area contributed by atoms with Crippen LogP contribution in [0.4, 0.5) is 0 Å². The molecule has 0 bridgehead atoms. The number of furan rings is 1. The van der Waals surface area contributed by atoms with Crippen molar-refractivity contribution in [1.82, 2.24) is 20.2 Å². The molecule has 0 saturated heterocycles. The minimum Gasteiger partial charge on any atom is -0.465 e. The molecule has 0 fully saturated rings. The molecule has 2 aromatic heterocycles. The SMILES string of the molecule is CCn1c(SCC(=O)N/N=C\C=C\c2ccco2)nnc1-c1ccc(C)cc1. The van der Waals surface area contributed by atoms with Gasteiger partial charge in [0.05, 0.1) is 12.0 Å². The lowest BCUT2D eigenvalue weighted by Gasteiger charge is -2.07. The van der Waals surface area contributed by atoms with Gasteiger partial charge in [-0.3, -0.25) is 4.79 Å². The lowest BCUT2D eigenvalue weighted by atomic mass is 10.1. The summed E-state index contributed by atoms with van der Waals surface area (Å²) in [6.45, 7) is 4.79. The van der Waals surface area contributed by atoms with E-state index in [1.807, 2.05) is 48.7 Å². The summed E-state index contributed by atoms with van der Waals surface area (Å²) < 4.78 is 7.15. The second-order valence-corrected chi connectivity index (χ2v) is 6.84. The van der Waals surface area contributed by atoms with Crippen LogP contribution in [0.25, 0.3) is 17.5 Å². The van der Waals surface area contributed by atoms with Crippen LogP contribution in [0, 0.1) is 6.92 Å². The Kier molecular flexibility index (Phi) is 6.80. The van der Waals surface area contributed by atoms with E-state index >= 15 is 0 Å². The Hall–Kier alpha value is -3.13. The van der Waals surface area contributed by atoms with Crippen LogP contribution in [0.5, 0.6) is 0 Å². The molecule has 2 heterocycles. The standard InChI is InChI=1S/C20H21N5O2S/c1-3-25-19(16-10-8-15(2)9-11-16)23-24-20(25)28-14-18(26)22-21-12-4-6-17-7-5-13-27-17/h4-13H,3,14H2,1-2H3,(H,22,26)/b6-4+,21-12-. The van der Waals surface area contributed by atoms with E-state index in [2.05, 4.69) is 20.7 Å². The molecule has 8 heteroatoms. The van der Waals surface area contributed by atoms with Gasteiger partial charge >= 0.3 is 0 Å². The van der Waals surface area contributed by atoms with Gasteiger partial charge in [-0.25, -0.2) is 5.43 Å². The van der Waals surface area contributed by atoms with Crippen molar-refractivity contribution in [2.75, 3.05) is 5.75 Å². The van der Waals surface area contributed by atoms with Gasteiger partial charge in [0.1, 0.15) is 5.76 Å². The molecule has 0 aliphatic rings. The Morgan fingerprint density at radius 1 is 1.29 bits per heavy atom. The zero-order chi connectivity index (χ0) is 19.8. The van der Waals surface area contributed by atoms with Crippen molar-refractivity contribution in [3.8, 4) is 11.4 Å². The number of hydrogen-bond donors (Lipinski definition) is 1. The molecule has 144 valence electrons. The number of hydrogen-bond acceptors (Lipinski definition) is 6. The molecule has 7 nitrogen and oxygen atoms in total. The number of rotatable bonds is 8. The number of nitrogens with one attached hydrogen (secondary N) is 1. The zero-order valence-corrected chi connectivity index (χ0v) is 16.5. The van der Waals surface area contributed by atoms with Gasteiger partial charge in [0.25, 0.3) is 5.91 Å². The highest BCUT2D eigenvalue weighted by Crippen LogP contribution is 2.24. The molecule has 1 aromatic carbocycles. The molecular formula is C20H21N5O2S. The average molecular weight is 395 g/mol. The van der Waals surface area contributed by atoms with Crippen LogP contribution in [0.15, 0.2) is 63.4 Å². The lowest BCUT2D eigenvalue weighted by Crippen LogP contribution is -2.19. The number of aromatic nitrogens is 3. The Labute approximate surface area is 167 Å². The summed E-state index contributed by atoms with van der Waals surface area (Å²) in [5, 5.41) is 13.1. The number of nitrogens with zero attached hydrogens (tertiary/aromatic N) is 4. The summed E-state index contributed by atoms with van der Waals surface area (Å²) in [7, 11) is 0. The maximum absolute atomic E-state index is 12.0. The van der Waals surface area contributed by atoms with E-state index in [4.69, 9.17) is 4.42 Å². The van der Waals surface area contributed by atoms with E-state index in [9.17, 15) is 4.79 Å². The maximum atomic E-state index is 12.0. The van der Waals surface area contributed by atoms with E-state index in [0.717, 1.165) is 23.7 Å². The second kappa shape index (κ2) is 9.70. The Morgan fingerprint density at radius 2 is 2.11 bits per heavy atom. The molecule has 1 N–H and O–H groups in total. The highest BCUT2D eigenvalue weighted by atomic mass is 32.2. The van der Waals surface area contributed by atoms with Gasteiger partial charge in [-0.1, -0.05) is 41.6 Å². The van der Waals surface area contributed by atoms with Crippen LogP contribution in [0.2, 0.25) is 0 Å². The first-order valence-electron chi connectivity index (χ1n) is 8.82. The van der Waals surface area contributed by atoms with E-state index < -0.39 is 0 Å². The molecule has 0 unspecified atom stereocenters. The van der Waals surface area contributed by atoms with Crippen LogP contribution in [0.3, 0.4) is 0 Å². The largest absolute Gasteiger partial charge is 0.465 e. The van der Waals surface area contributed by atoms with Gasteiger partial charge in [-0.05, 0) is 38.1 Å². The number of amides is 1. The molecule has 0 atom stereocenters. The van der Waals surface area contributed by atoms with Gasteiger partial charge in [-0.2, -0.15) is 5.10 Å². The van der Waals surface area contributed by atoms with Crippen molar-refractivity contribution in [2.24, 2.45) is 5.10 Å². The number of hydrazone groups is 1. The first-order valence-corrected chi connectivity index (χ1v) is 9.81. The minimum absolute atomic E-state index is 0.200. The van der Waals surface area contributed by atoms with Crippen LogP contribution in [0.1, 0.15) is 18.2 Å². The van der Waals surface area contributed by atoms with E-state index in [1.54, 1.807) is 24.5 Å². The summed E-state index contributed by atoms with van der Waals surface area (Å²) in [4.78, 5) is 12.0. The number of carbonyl (C=O) groups is 1. The molecule has 0 aliphatic carbocycles. The molecule has 0 saturated carbocycles. The highest BCUT2D eigenvalue weighted by Gasteiger charge is 2.14. The molecule has 0 radical (unpaired) electrons. The first kappa shape index (κ1) is 19.6. The van der Waals surface area contributed by atoms with Gasteiger partial charge in [0.2, 0.25) is 0 Å². The third-order valence-electron chi connectivity index (χ3n) is 3.83. The number of benzene rings is 1. The fourth-order valence-electron chi connectivity index (χ4n) is 2.44. The fourth-order valence-corrected chi connectivity index (χ4v) is 3.23. The van der Waals surface area contributed by atoms with Crippen molar-refractivity contribution in [1.29, 1.82) is 0 Å². The van der Waals surface area contributed by atoms with Crippen molar-refractivity contribution < 1.29 is 9.21 Å². The van der Waals surface area contributed by atoms with Crippen LogP contribution in [-0.4, -0.2) is 32.6 Å². The minimum atomic E-state index is -0.213. The number of carbonyl (C=O) groups excluding carboxylic acids is 1. The smallest absolute Gasteiger partial charge is 0.250 e. The zero-order valence-electron chi connectivity index (χ0n) is 15.7. The average Bonchev–Trinajstić information content (AvgIpc) is 3.36. The molecule has 0 aliphatic heterocycles. The monoisotopic (exact) mass is 395 g/mol. The summed E-state index contributed by atoms with van der Waals surface area (Å²) in [6.07, 6.45) is 6.53. The predicted octanol–water partition coefficient (Wildman–Crippen LogP) is 3.77. The van der Waals surface area contributed by atoms with Crippen molar-refractivity contribution in [3.63, 3.8) is 0 Å². The fraction of sp³-hybridized carbons (Fsp3) is 0.200. The van der Waals surface area contributed by atoms with Gasteiger partial charge in [0, 0.05) is 18.3 Å². The topological polar surface area (TPSA) is 85.3 Å². The molecule has 3 aromatic rings. The third kappa shape index (κ3) is 5.20. The Balaban J connectivity index is 1.54. The summed E-state index contributed by atoms with van der Waals surface area (Å²) in [5.41, 5.74) is 4.68. The maximum Gasteiger partial charge on any atom is 0.250 e. The van der Waals surface area contributed by atoms with Crippen LogP contribution >= 0.6 is 11.8 Å². The van der Waals surface area contributed by atoms with Crippen molar-refractivity contribution in [2.45, 2.75) is 25.5 Å². The van der Waals surface area contributed by atoms with Gasteiger partial charge in [0.15, 0.2) is 11.0 Å². The summed E-state index contributed by atoms with van der Waals surface area (Å²) >= 11 is 1.33. The Bertz CT molecular complexity index is 959. The first-order chi connectivity index (χ1) is 13.7. The molecular weight excluding hydrogens is 374 g/mol. The quantitative estimate of drug-likeness (QED) is 0.356. The van der Waals surface area contributed by atoms with Crippen LogP contribution in [-0.2, 0) is 11.3 Å². The summed E-state index contributed by atoms with van der Waals surface area (Å²) in [5.74, 6) is 1.50. The molecule has 0 spiro atoms. The van der Waals surface area contributed by atoms with E-state index in [0.29, 0.717) is 5.16 Å². The Morgan fingerprint density at radius 3 is 2.82 bits per heavy atom. The second-order valence-electron chi connectivity index (χ2n) is 5.89. The number of thioether (sulfide) groups is 1.